The molecule has 0 fully saturated rings. The van der Waals surface area contributed by atoms with Crippen LogP contribution in [0.1, 0.15) is 5.56 Å². The number of benzene rings is 2. The largest absolute Gasteiger partial charge is 0.489 e. The van der Waals surface area contributed by atoms with Gasteiger partial charge in [-0.2, -0.15) is 5.10 Å². The number of rotatable bonds is 7. The molecule has 0 aliphatic carbocycles. The molecule has 7 nitrogen and oxygen atoms in total. The predicted molar refractivity (Wildman–Crippen MR) is 95.4 cm³/mol. The Balaban J connectivity index is 1.62. The van der Waals surface area contributed by atoms with Crippen molar-refractivity contribution in [2.75, 3.05) is 6.61 Å². The van der Waals surface area contributed by atoms with Gasteiger partial charge in [0.15, 0.2) is 0 Å². The van der Waals surface area contributed by atoms with E-state index in [9.17, 15) is 4.79 Å². The van der Waals surface area contributed by atoms with Crippen molar-refractivity contribution in [2.45, 2.75) is 6.54 Å². The van der Waals surface area contributed by atoms with Gasteiger partial charge in [-0.25, -0.2) is 10.1 Å². The molecule has 3 aromatic rings. The maximum absolute atomic E-state index is 12.0. The van der Waals surface area contributed by atoms with E-state index >= 15 is 0 Å². The van der Waals surface area contributed by atoms with Gasteiger partial charge in [-0.1, -0.05) is 42.1 Å². The van der Waals surface area contributed by atoms with Crippen molar-refractivity contribution in [1.82, 2.24) is 20.4 Å². The SMILES string of the molecule is C=CCOc1ccccc1/C=N\NC(=O)Cn1nnc2ccccc21. The van der Waals surface area contributed by atoms with Crippen LogP contribution in [0, 0.1) is 0 Å². The smallest absolute Gasteiger partial charge is 0.261 e. The Labute approximate surface area is 144 Å². The Morgan fingerprint density at radius 1 is 1.24 bits per heavy atom. The van der Waals surface area contributed by atoms with E-state index in [1.54, 1.807) is 6.08 Å². The first kappa shape index (κ1) is 16.4. The molecule has 0 unspecified atom stereocenters. The summed E-state index contributed by atoms with van der Waals surface area (Å²) in [4.78, 5) is 12.0. The van der Waals surface area contributed by atoms with Crippen LogP contribution in [0.4, 0.5) is 0 Å². The van der Waals surface area contributed by atoms with Crippen molar-refractivity contribution in [3.8, 4) is 5.75 Å². The van der Waals surface area contributed by atoms with Crippen LogP contribution in [0.15, 0.2) is 66.3 Å². The summed E-state index contributed by atoms with van der Waals surface area (Å²) in [6, 6.07) is 14.9. The standard InChI is InChI=1S/C18H17N5O2/c1-2-11-25-17-10-6-3-7-14(17)12-19-21-18(24)13-23-16-9-5-4-8-15(16)20-22-23/h2-10,12H,1,11,13H2,(H,21,24)/b19-12-. The van der Waals surface area contributed by atoms with E-state index < -0.39 is 0 Å². The minimum Gasteiger partial charge on any atom is -0.489 e. The lowest BCUT2D eigenvalue weighted by atomic mass is 10.2. The summed E-state index contributed by atoms with van der Waals surface area (Å²) in [5, 5.41) is 12.0. The molecule has 0 saturated carbocycles. The van der Waals surface area contributed by atoms with Crippen molar-refractivity contribution < 1.29 is 9.53 Å². The van der Waals surface area contributed by atoms with E-state index in [1.807, 2.05) is 48.5 Å². The third-order valence-corrected chi connectivity index (χ3v) is 3.38. The van der Waals surface area contributed by atoms with Crippen LogP contribution >= 0.6 is 0 Å². The lowest BCUT2D eigenvalue weighted by molar-refractivity contribution is -0.121. The monoisotopic (exact) mass is 335 g/mol. The number of aromatic nitrogens is 3. The van der Waals surface area contributed by atoms with Gasteiger partial charge in [-0.15, -0.1) is 5.10 Å². The number of fused-ring (bicyclic) bond motifs is 1. The molecule has 25 heavy (non-hydrogen) atoms. The molecule has 1 N–H and O–H groups in total. The molecule has 1 amide bonds. The molecule has 0 bridgehead atoms. The van der Waals surface area contributed by atoms with Crippen LogP contribution in [0.2, 0.25) is 0 Å². The zero-order chi connectivity index (χ0) is 17.5. The van der Waals surface area contributed by atoms with Crippen molar-refractivity contribution in [3.63, 3.8) is 0 Å². The second-order valence-electron chi connectivity index (χ2n) is 5.17. The van der Waals surface area contributed by atoms with Crippen molar-refractivity contribution in [1.29, 1.82) is 0 Å². The molecule has 1 heterocycles. The number of hydrazone groups is 1. The van der Waals surface area contributed by atoms with Crippen molar-refractivity contribution >= 4 is 23.2 Å². The summed E-state index contributed by atoms with van der Waals surface area (Å²) in [6.07, 6.45) is 3.20. The van der Waals surface area contributed by atoms with Gasteiger partial charge < -0.3 is 4.74 Å². The number of ether oxygens (including phenoxy) is 1. The molecule has 0 saturated heterocycles. The summed E-state index contributed by atoms with van der Waals surface area (Å²) < 4.78 is 7.06. The normalized spacial score (nSPS) is 10.9. The molecule has 0 spiro atoms. The summed E-state index contributed by atoms with van der Waals surface area (Å²) in [7, 11) is 0. The summed E-state index contributed by atoms with van der Waals surface area (Å²) in [5.41, 5.74) is 4.78. The Morgan fingerprint density at radius 3 is 2.92 bits per heavy atom. The predicted octanol–water partition coefficient (Wildman–Crippen LogP) is 2.15. The zero-order valence-electron chi connectivity index (χ0n) is 13.5. The van der Waals surface area contributed by atoms with Crippen LogP contribution in [0.25, 0.3) is 11.0 Å². The molecule has 7 heteroatoms. The van der Waals surface area contributed by atoms with E-state index in [4.69, 9.17) is 4.74 Å². The number of carbonyl (C=O) groups excluding carboxylic acids is 1. The maximum atomic E-state index is 12.0. The molecule has 2 aromatic carbocycles. The van der Waals surface area contributed by atoms with E-state index in [1.165, 1.54) is 10.9 Å². The third kappa shape index (κ3) is 4.08. The quantitative estimate of drug-likeness (QED) is 0.407. The lowest BCUT2D eigenvalue weighted by Crippen LogP contribution is -2.23. The number of nitrogens with zero attached hydrogens (tertiary/aromatic N) is 4. The fourth-order valence-electron chi connectivity index (χ4n) is 2.25. The fourth-order valence-corrected chi connectivity index (χ4v) is 2.25. The highest BCUT2D eigenvalue weighted by Crippen LogP contribution is 2.15. The van der Waals surface area contributed by atoms with Crippen LogP contribution < -0.4 is 10.2 Å². The van der Waals surface area contributed by atoms with E-state index in [-0.39, 0.29) is 12.5 Å². The van der Waals surface area contributed by atoms with Gasteiger partial charge in [-0.05, 0) is 24.3 Å². The van der Waals surface area contributed by atoms with Gasteiger partial charge in [0.2, 0.25) is 0 Å². The number of para-hydroxylation sites is 2. The molecular weight excluding hydrogens is 318 g/mol. The molecule has 0 atom stereocenters. The van der Waals surface area contributed by atoms with Gasteiger partial charge in [0.05, 0.1) is 11.7 Å². The minimum absolute atomic E-state index is 0.0342. The number of carbonyl (C=O) groups is 1. The van der Waals surface area contributed by atoms with Crippen LogP contribution in [0.5, 0.6) is 5.75 Å². The molecule has 0 aliphatic heterocycles. The maximum Gasteiger partial charge on any atom is 0.261 e. The molecule has 126 valence electrons. The zero-order valence-corrected chi connectivity index (χ0v) is 13.5. The second kappa shape index (κ2) is 7.87. The van der Waals surface area contributed by atoms with E-state index in [2.05, 4.69) is 27.4 Å². The van der Waals surface area contributed by atoms with Gasteiger partial charge in [-0.3, -0.25) is 4.79 Å². The highest BCUT2D eigenvalue weighted by Gasteiger charge is 2.07. The molecule has 3 rings (SSSR count). The highest BCUT2D eigenvalue weighted by molar-refractivity contribution is 5.85. The first-order valence-corrected chi connectivity index (χ1v) is 7.71. The van der Waals surface area contributed by atoms with Gasteiger partial charge in [0, 0.05) is 5.56 Å². The van der Waals surface area contributed by atoms with Crippen molar-refractivity contribution in [3.05, 3.63) is 66.7 Å². The van der Waals surface area contributed by atoms with Crippen LogP contribution in [-0.2, 0) is 11.3 Å². The highest BCUT2D eigenvalue weighted by atomic mass is 16.5. The Morgan fingerprint density at radius 2 is 2.04 bits per heavy atom. The Bertz CT molecular complexity index is 916. The summed E-state index contributed by atoms with van der Waals surface area (Å²) in [6.45, 7) is 4.05. The van der Waals surface area contributed by atoms with Crippen molar-refractivity contribution in [2.24, 2.45) is 5.10 Å². The molecule has 1 aromatic heterocycles. The van der Waals surface area contributed by atoms with E-state index in [0.717, 1.165) is 16.6 Å². The Hall–Kier alpha value is -3.48. The number of hydrogen-bond donors (Lipinski definition) is 1. The number of hydrogen-bond acceptors (Lipinski definition) is 5. The first-order valence-electron chi connectivity index (χ1n) is 7.71. The van der Waals surface area contributed by atoms with E-state index in [0.29, 0.717) is 12.4 Å². The summed E-state index contributed by atoms with van der Waals surface area (Å²) in [5.74, 6) is 0.374. The topological polar surface area (TPSA) is 81.4 Å². The van der Waals surface area contributed by atoms with Crippen LogP contribution in [0.3, 0.4) is 0 Å². The molecular formula is C18H17N5O2. The first-order chi connectivity index (χ1) is 12.3. The summed E-state index contributed by atoms with van der Waals surface area (Å²) >= 11 is 0. The van der Waals surface area contributed by atoms with Gasteiger partial charge in [0.1, 0.15) is 24.4 Å². The van der Waals surface area contributed by atoms with Gasteiger partial charge in [0.25, 0.3) is 5.91 Å². The average Bonchev–Trinajstić information content (AvgIpc) is 3.04. The minimum atomic E-state index is -0.295. The number of nitrogens with one attached hydrogen (secondary N) is 1. The lowest BCUT2D eigenvalue weighted by Gasteiger charge is -2.06. The average molecular weight is 335 g/mol. The second-order valence-corrected chi connectivity index (χ2v) is 5.17. The Kier molecular flexibility index (Phi) is 5.16. The molecule has 0 aliphatic rings. The van der Waals surface area contributed by atoms with Gasteiger partial charge >= 0.3 is 0 Å². The fraction of sp³-hybridized carbons (Fsp3) is 0.111. The van der Waals surface area contributed by atoms with Crippen LogP contribution in [-0.4, -0.2) is 33.7 Å². The molecule has 0 radical (unpaired) electrons. The third-order valence-electron chi connectivity index (χ3n) is 3.38. The number of amides is 1.